The van der Waals surface area contributed by atoms with Crippen molar-refractivity contribution in [1.82, 2.24) is 4.98 Å². The molecule has 1 aliphatic carbocycles. The maximum Gasteiger partial charge on any atom is 0.354 e. The maximum atomic E-state index is 12.6. The number of nitrogens with two attached hydrogens (primary N) is 1. The van der Waals surface area contributed by atoms with E-state index in [2.05, 4.69) is 29.2 Å². The molecule has 1 atom stereocenters. The fraction of sp³-hybridized carbons (Fsp3) is 0.207. The van der Waals surface area contributed by atoms with Crippen LogP contribution >= 0.6 is 0 Å². The summed E-state index contributed by atoms with van der Waals surface area (Å²) in [6.45, 7) is 0.641. The first kappa shape index (κ1) is 23.5. The molecule has 0 aliphatic heterocycles. The second-order valence-electron chi connectivity index (χ2n) is 8.81. The van der Waals surface area contributed by atoms with Gasteiger partial charge < -0.3 is 20.3 Å². The third-order valence-electron chi connectivity index (χ3n) is 6.47. The highest BCUT2D eigenvalue weighted by atomic mass is 16.5. The summed E-state index contributed by atoms with van der Waals surface area (Å²) < 4.78 is 11.4. The van der Waals surface area contributed by atoms with Crippen LogP contribution in [-0.2, 0) is 9.53 Å². The fourth-order valence-electron chi connectivity index (χ4n) is 4.64. The molecule has 0 spiro atoms. The van der Waals surface area contributed by atoms with Gasteiger partial charge in [0.05, 0.1) is 12.1 Å². The molecule has 0 saturated heterocycles. The number of rotatable bonds is 9. The van der Waals surface area contributed by atoms with E-state index in [0.717, 1.165) is 5.39 Å². The van der Waals surface area contributed by atoms with Crippen LogP contribution in [0.3, 0.4) is 0 Å². The van der Waals surface area contributed by atoms with Crippen LogP contribution in [0.2, 0.25) is 0 Å². The Morgan fingerprint density at radius 1 is 0.944 bits per heavy atom. The van der Waals surface area contributed by atoms with Crippen molar-refractivity contribution in [1.29, 1.82) is 0 Å². The highest BCUT2D eigenvalue weighted by Crippen LogP contribution is 2.44. The highest BCUT2D eigenvalue weighted by Gasteiger charge is 2.29. The number of carboxylic acids is 1. The number of nitrogens with zero attached hydrogens (tertiary/aromatic N) is 1. The van der Waals surface area contributed by atoms with Crippen molar-refractivity contribution in [2.75, 3.05) is 13.2 Å². The molecule has 7 nitrogen and oxygen atoms in total. The molecule has 0 fully saturated rings. The van der Waals surface area contributed by atoms with Crippen molar-refractivity contribution in [2.45, 2.75) is 24.8 Å². The number of fused-ring (bicyclic) bond motifs is 4. The lowest BCUT2D eigenvalue weighted by atomic mass is 9.98. The average Bonchev–Trinajstić information content (AvgIpc) is 3.22. The minimum absolute atomic E-state index is 0.00149. The molecule has 0 radical (unpaired) electrons. The number of pyridine rings is 1. The number of esters is 1. The fourth-order valence-corrected chi connectivity index (χ4v) is 4.64. The van der Waals surface area contributed by atoms with Gasteiger partial charge in [-0.25, -0.2) is 9.78 Å². The molecule has 1 heterocycles. The second-order valence-corrected chi connectivity index (χ2v) is 8.81. The summed E-state index contributed by atoms with van der Waals surface area (Å²) in [7, 11) is 0. The summed E-state index contributed by atoms with van der Waals surface area (Å²) >= 11 is 0. The quantitative estimate of drug-likeness (QED) is 0.261. The largest absolute Gasteiger partial charge is 0.494 e. The van der Waals surface area contributed by atoms with Gasteiger partial charge in [-0.1, -0.05) is 54.6 Å². The zero-order valence-corrected chi connectivity index (χ0v) is 19.6. The Kier molecular flexibility index (Phi) is 6.64. The first-order valence-corrected chi connectivity index (χ1v) is 11.9. The predicted octanol–water partition coefficient (Wildman–Crippen LogP) is 4.78. The number of benzene rings is 3. The summed E-state index contributed by atoms with van der Waals surface area (Å²) in [4.78, 5) is 27.7. The number of hydrogen-bond acceptors (Lipinski definition) is 6. The number of carbonyl (C=O) groups excluding carboxylic acids is 1. The van der Waals surface area contributed by atoms with Gasteiger partial charge in [0.25, 0.3) is 0 Å². The first-order valence-electron chi connectivity index (χ1n) is 11.9. The van der Waals surface area contributed by atoms with Gasteiger partial charge in [-0.15, -0.1) is 0 Å². The standard InChI is InChI=1S/C29H26N2O5/c30-25(10-5-15-35-19-12-14-26-18(16-19)11-13-27(31-26)28(32)33)29(34)36-17-24-22-8-3-1-6-20(22)21-7-2-4-9-23(21)24/h1-4,6-9,11-14,16,24-25H,5,10,15,17,30H2,(H,32,33). The summed E-state index contributed by atoms with van der Waals surface area (Å²) in [6.07, 6.45) is 1.02. The van der Waals surface area contributed by atoms with Crippen LogP contribution in [-0.4, -0.2) is 41.3 Å². The van der Waals surface area contributed by atoms with Crippen molar-refractivity contribution in [3.05, 3.63) is 95.7 Å². The van der Waals surface area contributed by atoms with Gasteiger partial charge >= 0.3 is 11.9 Å². The van der Waals surface area contributed by atoms with Gasteiger partial charge in [-0.3, -0.25) is 4.79 Å². The van der Waals surface area contributed by atoms with Crippen LogP contribution < -0.4 is 10.5 Å². The zero-order chi connectivity index (χ0) is 25.1. The summed E-state index contributed by atoms with van der Waals surface area (Å²) in [5.41, 5.74) is 11.4. The molecule has 36 heavy (non-hydrogen) atoms. The number of carbonyl (C=O) groups is 2. The molecule has 0 amide bonds. The lowest BCUT2D eigenvalue weighted by Gasteiger charge is -2.17. The molecule has 1 unspecified atom stereocenters. The Balaban J connectivity index is 1.11. The van der Waals surface area contributed by atoms with E-state index in [1.54, 1.807) is 24.3 Å². The van der Waals surface area contributed by atoms with E-state index in [9.17, 15) is 9.59 Å². The molecule has 1 aromatic heterocycles. The minimum atomic E-state index is -1.06. The van der Waals surface area contributed by atoms with Crippen LogP contribution in [0.4, 0.5) is 0 Å². The van der Waals surface area contributed by atoms with Gasteiger partial charge in [-0.05, 0) is 59.4 Å². The molecular formula is C29H26N2O5. The average molecular weight is 483 g/mol. The number of aromatic nitrogens is 1. The van der Waals surface area contributed by atoms with Crippen LogP contribution in [0, 0.1) is 0 Å². The molecular weight excluding hydrogens is 456 g/mol. The Labute approximate surface area is 208 Å². The van der Waals surface area contributed by atoms with E-state index in [-0.39, 0.29) is 18.2 Å². The summed E-state index contributed by atoms with van der Waals surface area (Å²) in [5.74, 6) is -0.833. The van der Waals surface area contributed by atoms with Crippen molar-refractivity contribution in [3.8, 4) is 16.9 Å². The van der Waals surface area contributed by atoms with E-state index >= 15 is 0 Å². The lowest BCUT2D eigenvalue weighted by molar-refractivity contribution is -0.145. The zero-order valence-electron chi connectivity index (χ0n) is 19.6. The lowest BCUT2D eigenvalue weighted by Crippen LogP contribution is -2.33. The third kappa shape index (κ3) is 4.78. The monoisotopic (exact) mass is 482 g/mol. The number of aromatic carboxylic acids is 1. The molecule has 1 aliphatic rings. The molecule has 0 bridgehead atoms. The van der Waals surface area contributed by atoms with Crippen LogP contribution in [0.1, 0.15) is 40.4 Å². The molecule has 0 saturated carbocycles. The van der Waals surface area contributed by atoms with E-state index in [4.69, 9.17) is 20.3 Å². The molecule has 3 aromatic carbocycles. The Morgan fingerprint density at radius 3 is 2.33 bits per heavy atom. The van der Waals surface area contributed by atoms with Crippen molar-refractivity contribution < 1.29 is 24.2 Å². The Bertz CT molecular complexity index is 1390. The van der Waals surface area contributed by atoms with Crippen LogP contribution in [0.15, 0.2) is 78.9 Å². The first-order chi connectivity index (χ1) is 17.5. The van der Waals surface area contributed by atoms with E-state index in [1.807, 2.05) is 24.3 Å². The smallest absolute Gasteiger partial charge is 0.354 e. The third-order valence-corrected chi connectivity index (χ3v) is 6.47. The predicted molar refractivity (Wildman–Crippen MR) is 136 cm³/mol. The van der Waals surface area contributed by atoms with Crippen molar-refractivity contribution in [3.63, 3.8) is 0 Å². The molecule has 182 valence electrons. The van der Waals surface area contributed by atoms with Gasteiger partial charge in [-0.2, -0.15) is 0 Å². The van der Waals surface area contributed by atoms with Crippen LogP contribution in [0.5, 0.6) is 5.75 Å². The van der Waals surface area contributed by atoms with Gasteiger partial charge in [0.2, 0.25) is 0 Å². The minimum Gasteiger partial charge on any atom is -0.494 e. The van der Waals surface area contributed by atoms with E-state index in [0.29, 0.717) is 30.7 Å². The number of carboxylic acid groups (broad SMARTS) is 1. The van der Waals surface area contributed by atoms with Gasteiger partial charge in [0.15, 0.2) is 0 Å². The number of ether oxygens (including phenoxy) is 2. The highest BCUT2D eigenvalue weighted by molar-refractivity contribution is 5.90. The molecule has 3 N–H and O–H groups in total. The van der Waals surface area contributed by atoms with Gasteiger partial charge in [0.1, 0.15) is 24.1 Å². The van der Waals surface area contributed by atoms with E-state index < -0.39 is 18.0 Å². The normalized spacial score (nSPS) is 13.1. The maximum absolute atomic E-state index is 12.6. The van der Waals surface area contributed by atoms with Gasteiger partial charge in [0, 0.05) is 11.3 Å². The molecule has 5 rings (SSSR count). The van der Waals surface area contributed by atoms with Crippen molar-refractivity contribution in [2.24, 2.45) is 5.73 Å². The summed E-state index contributed by atoms with van der Waals surface area (Å²) in [5, 5.41) is 9.85. The van der Waals surface area contributed by atoms with Crippen LogP contribution in [0.25, 0.3) is 22.0 Å². The second kappa shape index (κ2) is 10.2. The Morgan fingerprint density at radius 2 is 1.64 bits per heavy atom. The molecule has 7 heteroatoms. The number of hydrogen-bond donors (Lipinski definition) is 2. The SMILES string of the molecule is NC(CCCOc1ccc2nc(C(=O)O)ccc2c1)C(=O)OCC1c2ccccc2-c2ccccc21. The molecule has 4 aromatic rings. The summed E-state index contributed by atoms with van der Waals surface area (Å²) in [6, 6.07) is 24.1. The Hall–Kier alpha value is -4.23. The van der Waals surface area contributed by atoms with E-state index in [1.165, 1.54) is 28.3 Å². The topological polar surface area (TPSA) is 112 Å². The van der Waals surface area contributed by atoms with Crippen molar-refractivity contribution >= 4 is 22.8 Å².